The van der Waals surface area contributed by atoms with Crippen molar-refractivity contribution in [2.75, 3.05) is 5.73 Å². The van der Waals surface area contributed by atoms with Gasteiger partial charge in [0.15, 0.2) is 0 Å². The molecule has 0 aliphatic heterocycles. The van der Waals surface area contributed by atoms with Gasteiger partial charge in [-0.25, -0.2) is 4.98 Å². The van der Waals surface area contributed by atoms with Crippen LogP contribution in [0.1, 0.15) is 77.1 Å². The molecule has 0 fully saturated rings. The number of benzene rings is 2. The summed E-state index contributed by atoms with van der Waals surface area (Å²) in [6.07, 6.45) is 7.44. The molecule has 0 saturated carbocycles. The number of rotatable bonds is 7. The Morgan fingerprint density at radius 3 is 2.26 bits per heavy atom. The Balaban J connectivity index is 1.48. The first-order chi connectivity index (χ1) is 18.3. The van der Waals surface area contributed by atoms with E-state index < -0.39 is 0 Å². The van der Waals surface area contributed by atoms with E-state index in [2.05, 4.69) is 101 Å². The molecular formula is C34H41N5. The van der Waals surface area contributed by atoms with E-state index in [1.54, 1.807) is 6.20 Å². The van der Waals surface area contributed by atoms with Gasteiger partial charge in [-0.15, -0.1) is 0 Å². The Hall–Kier alpha value is -3.73. The zero-order valence-corrected chi connectivity index (χ0v) is 24.4. The molecule has 0 unspecified atom stereocenters. The lowest BCUT2D eigenvalue weighted by Crippen LogP contribution is -2.24. The molecule has 2 aromatic carbocycles. The van der Waals surface area contributed by atoms with Gasteiger partial charge in [0.1, 0.15) is 5.82 Å². The van der Waals surface area contributed by atoms with Crippen LogP contribution < -0.4 is 5.73 Å². The molecule has 0 spiro atoms. The third kappa shape index (κ3) is 5.40. The van der Waals surface area contributed by atoms with E-state index in [4.69, 9.17) is 15.8 Å². The van der Waals surface area contributed by atoms with Crippen LogP contribution in [0.2, 0.25) is 0 Å². The van der Waals surface area contributed by atoms with Gasteiger partial charge >= 0.3 is 0 Å². The maximum Gasteiger partial charge on any atom is 0.127 e. The second-order valence-electron chi connectivity index (χ2n) is 13.2. The van der Waals surface area contributed by atoms with Gasteiger partial charge in [0.05, 0.1) is 17.2 Å². The molecule has 202 valence electrons. The Morgan fingerprint density at radius 2 is 1.51 bits per heavy atom. The van der Waals surface area contributed by atoms with E-state index in [0.717, 1.165) is 30.5 Å². The van der Waals surface area contributed by atoms with Crippen molar-refractivity contribution in [3.8, 4) is 0 Å². The molecule has 39 heavy (non-hydrogen) atoms. The minimum atomic E-state index is -0.158. The summed E-state index contributed by atoms with van der Waals surface area (Å²) in [7, 11) is 0. The number of fused-ring (bicyclic) bond motifs is 2. The van der Waals surface area contributed by atoms with Gasteiger partial charge in [0.2, 0.25) is 0 Å². The van der Waals surface area contributed by atoms with Crippen LogP contribution in [0.25, 0.3) is 21.8 Å². The molecule has 5 heteroatoms. The van der Waals surface area contributed by atoms with Crippen LogP contribution in [0.15, 0.2) is 73.2 Å². The Bertz CT molecular complexity index is 1640. The molecule has 0 radical (unpaired) electrons. The van der Waals surface area contributed by atoms with E-state index in [9.17, 15) is 0 Å². The summed E-state index contributed by atoms with van der Waals surface area (Å²) in [5.74, 6) is 0.603. The second-order valence-corrected chi connectivity index (χ2v) is 13.2. The third-order valence-corrected chi connectivity index (χ3v) is 8.17. The van der Waals surface area contributed by atoms with Crippen LogP contribution in [0, 0.1) is 0 Å². The Kier molecular flexibility index (Phi) is 6.74. The van der Waals surface area contributed by atoms with Crippen LogP contribution in [-0.2, 0) is 29.2 Å². The number of hydrogen-bond donors (Lipinski definition) is 1. The fourth-order valence-electron chi connectivity index (χ4n) is 5.70. The summed E-state index contributed by atoms with van der Waals surface area (Å²) in [4.78, 5) is 9.18. The average molecular weight is 520 g/mol. The van der Waals surface area contributed by atoms with Crippen molar-refractivity contribution in [1.29, 1.82) is 0 Å². The fraction of sp³-hybridized carbons (Fsp3) is 0.382. The number of nitrogen functional groups attached to an aromatic ring is 1. The average Bonchev–Trinajstić information content (AvgIpc) is 3.29. The van der Waals surface area contributed by atoms with Crippen molar-refractivity contribution in [2.24, 2.45) is 0 Å². The standard InChI is InChI=1S/C34H41N5/c1-32(2,3)26-13-12-25-22-38-39(29(25)20-26)17-14-33(4,5)28-19-23(18-24-10-8-15-36-30(24)28)21-34(6,7)27-11-9-16-37-31(27)35/h8-13,15-16,18-20,22H,14,17,21H2,1-7H3,(H2,35,37). The first-order valence-corrected chi connectivity index (χ1v) is 13.9. The van der Waals surface area contributed by atoms with Crippen molar-refractivity contribution in [3.63, 3.8) is 0 Å². The topological polar surface area (TPSA) is 69.6 Å². The zero-order chi connectivity index (χ0) is 28.0. The predicted molar refractivity (Wildman–Crippen MR) is 163 cm³/mol. The van der Waals surface area contributed by atoms with Gasteiger partial charge in [-0.05, 0) is 70.0 Å². The van der Waals surface area contributed by atoms with Crippen molar-refractivity contribution in [2.45, 2.75) is 84.1 Å². The van der Waals surface area contributed by atoms with E-state index in [-0.39, 0.29) is 16.2 Å². The minimum Gasteiger partial charge on any atom is -0.383 e. The molecule has 5 aromatic rings. The number of pyridine rings is 2. The molecule has 0 atom stereocenters. The molecule has 0 bridgehead atoms. The van der Waals surface area contributed by atoms with E-state index in [1.165, 1.54) is 33.0 Å². The summed E-state index contributed by atoms with van der Waals surface area (Å²) < 4.78 is 2.17. The van der Waals surface area contributed by atoms with E-state index in [0.29, 0.717) is 5.82 Å². The number of nitrogens with zero attached hydrogens (tertiary/aromatic N) is 4. The summed E-state index contributed by atoms with van der Waals surface area (Å²) in [5.41, 5.74) is 13.4. The van der Waals surface area contributed by atoms with Gasteiger partial charge in [-0.1, -0.05) is 78.8 Å². The Labute approximate surface area is 232 Å². The molecule has 0 saturated heterocycles. The van der Waals surface area contributed by atoms with Gasteiger partial charge in [-0.3, -0.25) is 9.67 Å². The lowest BCUT2D eigenvalue weighted by atomic mass is 9.76. The fourth-order valence-corrected chi connectivity index (χ4v) is 5.70. The molecule has 3 heterocycles. The molecule has 5 rings (SSSR count). The molecule has 2 N–H and O–H groups in total. The monoisotopic (exact) mass is 519 g/mol. The van der Waals surface area contributed by atoms with Crippen LogP contribution in [0.4, 0.5) is 5.82 Å². The molecule has 3 aromatic heterocycles. The predicted octanol–water partition coefficient (Wildman–Crippen LogP) is 7.75. The van der Waals surface area contributed by atoms with Gasteiger partial charge in [-0.2, -0.15) is 5.10 Å². The highest BCUT2D eigenvalue weighted by molar-refractivity contribution is 5.84. The number of hydrogen-bond acceptors (Lipinski definition) is 4. The molecule has 0 aliphatic rings. The van der Waals surface area contributed by atoms with Crippen LogP contribution in [0.5, 0.6) is 0 Å². The van der Waals surface area contributed by atoms with E-state index in [1.807, 2.05) is 24.5 Å². The highest BCUT2D eigenvalue weighted by Gasteiger charge is 2.28. The van der Waals surface area contributed by atoms with Crippen molar-refractivity contribution < 1.29 is 0 Å². The molecular weight excluding hydrogens is 478 g/mol. The molecule has 0 amide bonds. The Morgan fingerprint density at radius 1 is 0.769 bits per heavy atom. The molecule has 5 nitrogen and oxygen atoms in total. The highest BCUT2D eigenvalue weighted by atomic mass is 15.3. The number of anilines is 1. The highest BCUT2D eigenvalue weighted by Crippen LogP contribution is 2.37. The van der Waals surface area contributed by atoms with Crippen LogP contribution >= 0.6 is 0 Å². The smallest absolute Gasteiger partial charge is 0.127 e. The third-order valence-electron chi connectivity index (χ3n) is 8.17. The van der Waals surface area contributed by atoms with Crippen molar-refractivity contribution in [3.05, 3.63) is 95.4 Å². The largest absolute Gasteiger partial charge is 0.383 e. The summed E-state index contributed by atoms with van der Waals surface area (Å²) in [5, 5.41) is 7.13. The number of nitrogens with two attached hydrogens (primary N) is 1. The lowest BCUT2D eigenvalue weighted by molar-refractivity contribution is 0.427. The summed E-state index contributed by atoms with van der Waals surface area (Å²) >= 11 is 0. The first-order valence-electron chi connectivity index (χ1n) is 13.9. The summed E-state index contributed by atoms with van der Waals surface area (Å²) in [6, 6.07) is 19.6. The SMILES string of the molecule is CC(C)(C)c1ccc2cnn(CCC(C)(C)c3cc(CC(C)(C)c4cccnc4N)cc4cccnc34)c2c1. The maximum absolute atomic E-state index is 6.28. The van der Waals surface area contributed by atoms with Gasteiger partial charge in [0.25, 0.3) is 0 Å². The van der Waals surface area contributed by atoms with Crippen molar-refractivity contribution >= 4 is 27.6 Å². The second kappa shape index (κ2) is 9.78. The number of aryl methyl sites for hydroxylation is 1. The maximum atomic E-state index is 6.28. The van der Waals surface area contributed by atoms with Crippen LogP contribution in [0.3, 0.4) is 0 Å². The quantitative estimate of drug-likeness (QED) is 0.239. The molecule has 0 aliphatic carbocycles. The van der Waals surface area contributed by atoms with E-state index >= 15 is 0 Å². The minimum absolute atomic E-state index is 0.0990. The first kappa shape index (κ1) is 26.9. The van der Waals surface area contributed by atoms with Gasteiger partial charge in [0, 0.05) is 35.3 Å². The summed E-state index contributed by atoms with van der Waals surface area (Å²) in [6.45, 7) is 16.8. The number of aromatic nitrogens is 4. The zero-order valence-electron chi connectivity index (χ0n) is 24.4. The van der Waals surface area contributed by atoms with Gasteiger partial charge < -0.3 is 5.73 Å². The lowest BCUT2D eigenvalue weighted by Gasteiger charge is -2.30. The normalized spacial score (nSPS) is 12.9. The van der Waals surface area contributed by atoms with Crippen LogP contribution in [-0.4, -0.2) is 19.7 Å². The van der Waals surface area contributed by atoms with Crippen molar-refractivity contribution in [1.82, 2.24) is 19.7 Å².